The van der Waals surface area contributed by atoms with Crippen LogP contribution in [0.3, 0.4) is 0 Å². The van der Waals surface area contributed by atoms with Crippen LogP contribution in [0.5, 0.6) is 0 Å². The first-order valence-electron chi connectivity index (χ1n) is 6.06. The van der Waals surface area contributed by atoms with Crippen LogP contribution in [0.15, 0.2) is 51.6 Å². The zero-order valence-corrected chi connectivity index (χ0v) is 11.3. The van der Waals surface area contributed by atoms with Crippen LogP contribution in [-0.2, 0) is 4.74 Å². The van der Waals surface area contributed by atoms with Crippen molar-refractivity contribution in [3.63, 3.8) is 0 Å². The van der Waals surface area contributed by atoms with E-state index in [4.69, 9.17) is 9.15 Å². The van der Waals surface area contributed by atoms with E-state index < -0.39 is 0 Å². The summed E-state index contributed by atoms with van der Waals surface area (Å²) in [6, 6.07) is 3.68. The molecule has 0 spiro atoms. The summed E-state index contributed by atoms with van der Waals surface area (Å²) in [5, 5.41) is 0. The Balaban J connectivity index is 2.42. The lowest BCUT2D eigenvalue weighted by Gasteiger charge is -2.20. The SMILES string of the molecule is COC1=NC(c2ccco2)C=C(C(C)(C)C)C=C1. The van der Waals surface area contributed by atoms with Crippen molar-refractivity contribution in [3.05, 3.63) is 48.0 Å². The van der Waals surface area contributed by atoms with Gasteiger partial charge in [0.05, 0.1) is 13.4 Å². The maximum absolute atomic E-state index is 5.45. The minimum atomic E-state index is -0.126. The van der Waals surface area contributed by atoms with Crippen molar-refractivity contribution in [3.8, 4) is 0 Å². The van der Waals surface area contributed by atoms with Crippen molar-refractivity contribution in [2.75, 3.05) is 7.11 Å². The molecule has 2 heterocycles. The molecule has 0 N–H and O–H groups in total. The van der Waals surface area contributed by atoms with E-state index in [1.165, 1.54) is 5.57 Å². The summed E-state index contributed by atoms with van der Waals surface area (Å²) in [5.41, 5.74) is 1.29. The fourth-order valence-electron chi connectivity index (χ4n) is 1.83. The number of hydrogen-bond acceptors (Lipinski definition) is 3. The number of ether oxygens (including phenoxy) is 1. The summed E-state index contributed by atoms with van der Waals surface area (Å²) in [7, 11) is 1.63. The molecular weight excluding hydrogens is 226 g/mol. The lowest BCUT2D eigenvalue weighted by Crippen LogP contribution is -2.08. The Morgan fingerprint density at radius 3 is 2.61 bits per heavy atom. The Hall–Kier alpha value is -1.77. The predicted octanol–water partition coefficient (Wildman–Crippen LogP) is 3.91. The minimum Gasteiger partial charge on any atom is -0.481 e. The van der Waals surface area contributed by atoms with Gasteiger partial charge in [-0.3, -0.25) is 0 Å². The fraction of sp³-hybridized carbons (Fsp3) is 0.400. The zero-order valence-electron chi connectivity index (χ0n) is 11.3. The molecule has 1 aromatic rings. The van der Waals surface area contributed by atoms with Gasteiger partial charge in [0.25, 0.3) is 0 Å². The van der Waals surface area contributed by atoms with Crippen molar-refractivity contribution in [2.24, 2.45) is 10.4 Å². The summed E-state index contributed by atoms with van der Waals surface area (Å²) >= 11 is 0. The first-order chi connectivity index (χ1) is 8.50. The Morgan fingerprint density at radius 2 is 2.06 bits per heavy atom. The lowest BCUT2D eigenvalue weighted by molar-refractivity contribution is 0.400. The molecule has 0 aromatic carbocycles. The molecule has 1 aliphatic heterocycles. The molecule has 0 saturated heterocycles. The second-order valence-corrected chi connectivity index (χ2v) is 5.34. The predicted molar refractivity (Wildman–Crippen MR) is 72.6 cm³/mol. The summed E-state index contributed by atoms with van der Waals surface area (Å²) in [5.74, 6) is 1.45. The summed E-state index contributed by atoms with van der Waals surface area (Å²) < 4.78 is 10.7. The van der Waals surface area contributed by atoms with Crippen LogP contribution >= 0.6 is 0 Å². The molecule has 18 heavy (non-hydrogen) atoms. The topological polar surface area (TPSA) is 34.7 Å². The van der Waals surface area contributed by atoms with Crippen LogP contribution in [0.25, 0.3) is 0 Å². The number of rotatable bonds is 1. The number of aliphatic imine (C=N–C) groups is 1. The maximum Gasteiger partial charge on any atom is 0.209 e. The Morgan fingerprint density at radius 1 is 1.28 bits per heavy atom. The smallest absolute Gasteiger partial charge is 0.209 e. The highest BCUT2D eigenvalue weighted by molar-refractivity contribution is 5.88. The van der Waals surface area contributed by atoms with Gasteiger partial charge in [-0.1, -0.05) is 26.8 Å². The molecule has 1 unspecified atom stereocenters. The molecule has 0 amide bonds. The highest BCUT2D eigenvalue weighted by Gasteiger charge is 2.21. The molecule has 96 valence electrons. The second kappa shape index (κ2) is 4.84. The van der Waals surface area contributed by atoms with Crippen LogP contribution < -0.4 is 0 Å². The van der Waals surface area contributed by atoms with Gasteiger partial charge in [0.1, 0.15) is 11.8 Å². The first kappa shape index (κ1) is 12.7. The molecule has 0 radical (unpaired) electrons. The molecule has 1 aromatic heterocycles. The van der Waals surface area contributed by atoms with Gasteiger partial charge in [-0.15, -0.1) is 0 Å². The standard InChI is InChI=1S/C15H19NO2/c1-15(2,3)11-7-8-14(17-4)16-12(10-11)13-6-5-9-18-13/h5-10,12H,1-4H3. The Labute approximate surface area is 108 Å². The van der Waals surface area contributed by atoms with Gasteiger partial charge < -0.3 is 9.15 Å². The molecule has 0 bridgehead atoms. The average Bonchev–Trinajstić information content (AvgIpc) is 2.73. The van der Waals surface area contributed by atoms with Crippen molar-refractivity contribution in [2.45, 2.75) is 26.8 Å². The third-order valence-electron chi connectivity index (χ3n) is 2.92. The number of hydrogen-bond donors (Lipinski definition) is 0. The Kier molecular flexibility index (Phi) is 3.41. The number of nitrogens with zero attached hydrogens (tertiary/aromatic N) is 1. The van der Waals surface area contributed by atoms with E-state index in [1.54, 1.807) is 13.4 Å². The van der Waals surface area contributed by atoms with Gasteiger partial charge in [-0.2, -0.15) is 0 Å². The van der Waals surface area contributed by atoms with Crippen LogP contribution in [0.1, 0.15) is 32.6 Å². The van der Waals surface area contributed by atoms with Crippen LogP contribution in [0, 0.1) is 5.41 Å². The zero-order chi connectivity index (χ0) is 13.2. The van der Waals surface area contributed by atoms with Gasteiger partial charge in [0, 0.05) is 6.08 Å². The van der Waals surface area contributed by atoms with Gasteiger partial charge in [-0.05, 0) is 29.2 Å². The highest BCUT2D eigenvalue weighted by Crippen LogP contribution is 2.32. The second-order valence-electron chi connectivity index (χ2n) is 5.34. The first-order valence-corrected chi connectivity index (χ1v) is 6.06. The summed E-state index contributed by atoms with van der Waals surface area (Å²) in [6.07, 6.45) is 7.76. The number of allylic oxidation sites excluding steroid dienone is 2. The normalized spacial score (nSPS) is 20.1. The third kappa shape index (κ3) is 2.73. The van der Waals surface area contributed by atoms with Crippen LogP contribution in [0.4, 0.5) is 0 Å². The van der Waals surface area contributed by atoms with Crippen molar-refractivity contribution in [1.82, 2.24) is 0 Å². The maximum atomic E-state index is 5.45. The van der Waals surface area contributed by atoms with Crippen molar-refractivity contribution in [1.29, 1.82) is 0 Å². The van der Waals surface area contributed by atoms with Gasteiger partial charge in [0.15, 0.2) is 0 Å². The van der Waals surface area contributed by atoms with E-state index >= 15 is 0 Å². The number of furan rings is 1. The largest absolute Gasteiger partial charge is 0.481 e. The van der Waals surface area contributed by atoms with Gasteiger partial charge >= 0.3 is 0 Å². The van der Waals surface area contributed by atoms with Crippen LogP contribution in [0.2, 0.25) is 0 Å². The third-order valence-corrected chi connectivity index (χ3v) is 2.92. The average molecular weight is 245 g/mol. The molecule has 3 nitrogen and oxygen atoms in total. The minimum absolute atomic E-state index is 0.0695. The van der Waals surface area contributed by atoms with Crippen LogP contribution in [-0.4, -0.2) is 13.0 Å². The summed E-state index contributed by atoms with van der Waals surface area (Å²) in [6.45, 7) is 6.54. The molecule has 1 aliphatic rings. The van der Waals surface area contributed by atoms with E-state index in [0.29, 0.717) is 5.90 Å². The molecule has 0 fully saturated rings. The molecule has 0 saturated carbocycles. The molecule has 3 heteroatoms. The van der Waals surface area contributed by atoms with E-state index in [0.717, 1.165) is 5.76 Å². The molecule has 0 aliphatic carbocycles. The van der Waals surface area contributed by atoms with E-state index in [-0.39, 0.29) is 11.5 Å². The lowest BCUT2D eigenvalue weighted by atomic mass is 9.85. The van der Waals surface area contributed by atoms with E-state index in [2.05, 4.69) is 37.9 Å². The fourth-order valence-corrected chi connectivity index (χ4v) is 1.83. The Bertz CT molecular complexity index is 487. The quantitative estimate of drug-likeness (QED) is 0.751. The molecule has 1 atom stereocenters. The monoisotopic (exact) mass is 245 g/mol. The summed E-state index contributed by atoms with van der Waals surface area (Å²) in [4.78, 5) is 4.54. The van der Waals surface area contributed by atoms with Crippen molar-refractivity contribution < 1.29 is 9.15 Å². The van der Waals surface area contributed by atoms with Gasteiger partial charge in [-0.25, -0.2) is 4.99 Å². The van der Waals surface area contributed by atoms with Crippen molar-refractivity contribution >= 4 is 5.90 Å². The van der Waals surface area contributed by atoms with E-state index in [9.17, 15) is 0 Å². The molecular formula is C15H19NO2. The number of methoxy groups -OCH3 is 1. The van der Waals surface area contributed by atoms with E-state index in [1.807, 2.05) is 18.2 Å². The van der Waals surface area contributed by atoms with Gasteiger partial charge in [0.2, 0.25) is 5.90 Å². The molecule has 2 rings (SSSR count). The highest BCUT2D eigenvalue weighted by atomic mass is 16.5.